The van der Waals surface area contributed by atoms with Crippen molar-refractivity contribution in [3.63, 3.8) is 0 Å². The van der Waals surface area contributed by atoms with E-state index < -0.39 is 0 Å². The topological polar surface area (TPSA) is 29.9 Å². The van der Waals surface area contributed by atoms with E-state index in [1.165, 1.54) is 18.7 Å². The monoisotopic (exact) mass is 207 g/mol. The van der Waals surface area contributed by atoms with Gasteiger partial charge in [0.2, 0.25) is 0 Å². The summed E-state index contributed by atoms with van der Waals surface area (Å²) in [5, 5.41) is 3.57. The first-order valence-corrected chi connectivity index (χ1v) is 6.03. The minimum Gasteiger partial charge on any atom is -0.335 e. The lowest BCUT2D eigenvalue weighted by atomic mass is 10.1. The first-order valence-electron chi connectivity index (χ1n) is 6.03. The van der Waals surface area contributed by atoms with E-state index in [0.717, 1.165) is 25.6 Å². The Hall–Kier alpha value is -0.830. The van der Waals surface area contributed by atoms with E-state index >= 15 is 0 Å². The van der Waals surface area contributed by atoms with Gasteiger partial charge in [-0.1, -0.05) is 6.92 Å². The molecule has 0 radical (unpaired) electrons. The Bertz CT molecular complexity index is 302. The van der Waals surface area contributed by atoms with Gasteiger partial charge in [0.25, 0.3) is 0 Å². The molecule has 1 saturated carbocycles. The molecule has 0 spiro atoms. The molecule has 84 valence electrons. The SMILES string of the molecule is CCn1ccnc1CC(C)CNC1CC1. The second-order valence-electron chi connectivity index (χ2n) is 4.62. The minimum absolute atomic E-state index is 0.679. The molecule has 0 saturated heterocycles. The van der Waals surface area contributed by atoms with Crippen molar-refractivity contribution < 1.29 is 0 Å². The Balaban J connectivity index is 1.78. The van der Waals surface area contributed by atoms with E-state index in [9.17, 15) is 0 Å². The molecule has 0 amide bonds. The fourth-order valence-electron chi connectivity index (χ4n) is 1.86. The van der Waals surface area contributed by atoms with Crippen molar-refractivity contribution in [2.45, 2.75) is 45.7 Å². The van der Waals surface area contributed by atoms with Crippen LogP contribution in [-0.4, -0.2) is 22.1 Å². The van der Waals surface area contributed by atoms with Gasteiger partial charge in [-0.25, -0.2) is 4.98 Å². The van der Waals surface area contributed by atoms with Gasteiger partial charge in [0, 0.05) is 31.4 Å². The molecule has 1 aromatic heterocycles. The number of imidazole rings is 1. The van der Waals surface area contributed by atoms with Crippen molar-refractivity contribution in [1.29, 1.82) is 0 Å². The second-order valence-corrected chi connectivity index (χ2v) is 4.62. The van der Waals surface area contributed by atoms with Crippen molar-refractivity contribution in [2.24, 2.45) is 5.92 Å². The van der Waals surface area contributed by atoms with Crippen LogP contribution in [0.2, 0.25) is 0 Å². The number of aromatic nitrogens is 2. The summed E-state index contributed by atoms with van der Waals surface area (Å²) >= 11 is 0. The summed E-state index contributed by atoms with van der Waals surface area (Å²) in [6, 6.07) is 0.818. The number of nitrogens with zero attached hydrogens (tertiary/aromatic N) is 2. The lowest BCUT2D eigenvalue weighted by Crippen LogP contribution is -2.25. The summed E-state index contributed by atoms with van der Waals surface area (Å²) in [6.07, 6.45) is 7.80. The summed E-state index contributed by atoms with van der Waals surface area (Å²) < 4.78 is 2.23. The van der Waals surface area contributed by atoms with Gasteiger partial charge in [-0.2, -0.15) is 0 Å². The lowest BCUT2D eigenvalue weighted by molar-refractivity contribution is 0.488. The van der Waals surface area contributed by atoms with E-state index in [4.69, 9.17) is 0 Å². The Morgan fingerprint density at radius 3 is 3.07 bits per heavy atom. The van der Waals surface area contributed by atoms with Crippen LogP contribution in [0.25, 0.3) is 0 Å². The molecule has 15 heavy (non-hydrogen) atoms. The van der Waals surface area contributed by atoms with Crippen molar-refractivity contribution in [1.82, 2.24) is 14.9 Å². The van der Waals surface area contributed by atoms with Gasteiger partial charge in [-0.15, -0.1) is 0 Å². The summed E-state index contributed by atoms with van der Waals surface area (Å²) in [5.41, 5.74) is 0. The standard InChI is InChI=1S/C12H21N3/c1-3-15-7-6-13-12(15)8-10(2)9-14-11-4-5-11/h6-7,10-11,14H,3-5,8-9H2,1-2H3. The molecule has 2 rings (SSSR count). The van der Waals surface area contributed by atoms with Gasteiger partial charge in [-0.05, 0) is 32.2 Å². The van der Waals surface area contributed by atoms with E-state index in [0.29, 0.717) is 5.92 Å². The van der Waals surface area contributed by atoms with Crippen LogP contribution in [0.5, 0.6) is 0 Å². The molecule has 1 atom stereocenters. The summed E-state index contributed by atoms with van der Waals surface area (Å²) in [6.45, 7) is 6.61. The van der Waals surface area contributed by atoms with Crippen LogP contribution in [0, 0.1) is 5.92 Å². The highest BCUT2D eigenvalue weighted by Crippen LogP contribution is 2.19. The molecule has 3 heteroatoms. The average molecular weight is 207 g/mol. The molecule has 3 nitrogen and oxygen atoms in total. The predicted octanol–water partition coefficient (Wildman–Crippen LogP) is 1.83. The Morgan fingerprint density at radius 1 is 1.60 bits per heavy atom. The smallest absolute Gasteiger partial charge is 0.108 e. The molecule has 1 N–H and O–H groups in total. The molecule has 1 fully saturated rings. The quantitative estimate of drug-likeness (QED) is 0.771. The average Bonchev–Trinajstić information content (AvgIpc) is 2.96. The van der Waals surface area contributed by atoms with Crippen LogP contribution >= 0.6 is 0 Å². The number of nitrogens with one attached hydrogen (secondary N) is 1. The summed E-state index contributed by atoms with van der Waals surface area (Å²) in [7, 11) is 0. The second kappa shape index (κ2) is 4.79. The third-order valence-corrected chi connectivity index (χ3v) is 3.01. The first-order chi connectivity index (χ1) is 7.29. The van der Waals surface area contributed by atoms with Crippen LogP contribution in [-0.2, 0) is 13.0 Å². The zero-order valence-corrected chi connectivity index (χ0v) is 9.74. The third-order valence-electron chi connectivity index (χ3n) is 3.01. The highest BCUT2D eigenvalue weighted by atomic mass is 15.1. The predicted molar refractivity (Wildman–Crippen MR) is 61.8 cm³/mol. The van der Waals surface area contributed by atoms with Crippen LogP contribution in [0.4, 0.5) is 0 Å². The fourth-order valence-corrected chi connectivity index (χ4v) is 1.86. The van der Waals surface area contributed by atoms with Crippen LogP contribution in [0.1, 0.15) is 32.5 Å². The number of hydrogen-bond acceptors (Lipinski definition) is 2. The van der Waals surface area contributed by atoms with Gasteiger partial charge in [-0.3, -0.25) is 0 Å². The maximum Gasteiger partial charge on any atom is 0.108 e. The van der Waals surface area contributed by atoms with Crippen molar-refractivity contribution in [2.75, 3.05) is 6.54 Å². The van der Waals surface area contributed by atoms with Gasteiger partial charge < -0.3 is 9.88 Å². The van der Waals surface area contributed by atoms with Crippen molar-refractivity contribution in [3.8, 4) is 0 Å². The Morgan fingerprint density at radius 2 is 2.40 bits per heavy atom. The molecule has 0 aromatic carbocycles. The fraction of sp³-hybridized carbons (Fsp3) is 0.750. The van der Waals surface area contributed by atoms with E-state index in [1.807, 2.05) is 6.20 Å². The van der Waals surface area contributed by atoms with E-state index in [-0.39, 0.29) is 0 Å². The zero-order valence-electron chi connectivity index (χ0n) is 9.74. The van der Waals surface area contributed by atoms with Crippen LogP contribution in [0.15, 0.2) is 12.4 Å². The van der Waals surface area contributed by atoms with E-state index in [1.54, 1.807) is 0 Å². The molecule has 1 aromatic rings. The van der Waals surface area contributed by atoms with Gasteiger partial charge in [0.15, 0.2) is 0 Å². The van der Waals surface area contributed by atoms with E-state index in [2.05, 4.69) is 34.9 Å². The lowest BCUT2D eigenvalue weighted by Gasteiger charge is -2.12. The first kappa shape index (κ1) is 10.7. The molecule has 1 heterocycles. The Kier molecular flexibility index (Phi) is 3.41. The Labute approximate surface area is 91.9 Å². The van der Waals surface area contributed by atoms with Crippen LogP contribution < -0.4 is 5.32 Å². The highest BCUT2D eigenvalue weighted by Gasteiger charge is 2.21. The van der Waals surface area contributed by atoms with Crippen molar-refractivity contribution in [3.05, 3.63) is 18.2 Å². The molecule has 1 aliphatic carbocycles. The largest absolute Gasteiger partial charge is 0.335 e. The minimum atomic E-state index is 0.679. The summed E-state index contributed by atoms with van der Waals surface area (Å²) in [5.74, 6) is 1.90. The van der Waals surface area contributed by atoms with Crippen LogP contribution in [0.3, 0.4) is 0 Å². The zero-order chi connectivity index (χ0) is 10.7. The molecular formula is C12H21N3. The maximum atomic E-state index is 4.40. The number of hydrogen-bond donors (Lipinski definition) is 1. The highest BCUT2D eigenvalue weighted by molar-refractivity contribution is 4.94. The summed E-state index contributed by atoms with van der Waals surface area (Å²) in [4.78, 5) is 4.40. The number of aryl methyl sites for hydroxylation is 1. The van der Waals surface area contributed by atoms with Gasteiger partial charge >= 0.3 is 0 Å². The molecule has 1 aliphatic rings. The third kappa shape index (κ3) is 3.06. The molecule has 0 aliphatic heterocycles. The molecule has 1 unspecified atom stereocenters. The maximum absolute atomic E-state index is 4.40. The van der Waals surface area contributed by atoms with Gasteiger partial charge in [0.05, 0.1) is 0 Å². The van der Waals surface area contributed by atoms with Gasteiger partial charge in [0.1, 0.15) is 5.82 Å². The van der Waals surface area contributed by atoms with Crippen molar-refractivity contribution >= 4 is 0 Å². The molecular weight excluding hydrogens is 186 g/mol. The number of rotatable bonds is 6. The normalized spacial score (nSPS) is 18.0. The molecule has 0 bridgehead atoms.